The fourth-order valence-electron chi connectivity index (χ4n) is 3.99. The molecule has 0 bridgehead atoms. The maximum Gasteiger partial charge on any atom is 0.333 e. The molecular weight excluding hydrogens is 422 g/mol. The fraction of sp³-hybridized carbons (Fsp3) is 0.115. The number of aliphatic carboxylic acids is 1. The monoisotopic (exact) mass is 445 g/mol. The van der Waals surface area contributed by atoms with Gasteiger partial charge >= 0.3 is 5.97 Å². The fourth-order valence-corrected chi connectivity index (χ4v) is 5.18. The van der Waals surface area contributed by atoms with E-state index in [1.165, 1.54) is 18.2 Å². The average molecular weight is 446 g/mol. The predicted molar refractivity (Wildman–Crippen MR) is 127 cm³/mol. The lowest BCUT2D eigenvalue weighted by Crippen LogP contribution is -2.32. The van der Waals surface area contributed by atoms with Crippen molar-refractivity contribution < 1.29 is 18.3 Å². The summed E-state index contributed by atoms with van der Waals surface area (Å²) in [4.78, 5) is 12.3. The molecule has 5 nitrogen and oxygen atoms in total. The van der Waals surface area contributed by atoms with Crippen LogP contribution in [0.3, 0.4) is 0 Å². The summed E-state index contributed by atoms with van der Waals surface area (Å²) in [6.45, 7) is 3.47. The summed E-state index contributed by atoms with van der Waals surface area (Å²) in [5.41, 5.74) is 1.51. The highest BCUT2D eigenvalue weighted by atomic mass is 32.2. The van der Waals surface area contributed by atoms with Gasteiger partial charge in [-0.3, -0.25) is 0 Å². The molecule has 0 amide bonds. The Morgan fingerprint density at radius 2 is 1.44 bits per heavy atom. The largest absolute Gasteiger partial charge is 0.478 e. The zero-order chi connectivity index (χ0) is 22.9. The second-order valence-electron chi connectivity index (χ2n) is 7.65. The molecule has 0 heterocycles. The van der Waals surface area contributed by atoms with Crippen LogP contribution in [0.2, 0.25) is 0 Å². The van der Waals surface area contributed by atoms with Crippen molar-refractivity contribution in [1.82, 2.24) is 4.72 Å². The summed E-state index contributed by atoms with van der Waals surface area (Å²) in [6.07, 6.45) is 1.45. The van der Waals surface area contributed by atoms with E-state index >= 15 is 0 Å². The molecule has 0 aliphatic carbocycles. The Bertz CT molecular complexity index is 1400. The Morgan fingerprint density at radius 3 is 1.94 bits per heavy atom. The van der Waals surface area contributed by atoms with Crippen LogP contribution < -0.4 is 4.72 Å². The van der Waals surface area contributed by atoms with Gasteiger partial charge in [-0.15, -0.1) is 0 Å². The van der Waals surface area contributed by atoms with E-state index in [2.05, 4.69) is 4.72 Å². The molecule has 1 atom stereocenters. The lowest BCUT2D eigenvalue weighted by molar-refractivity contribution is -0.133. The van der Waals surface area contributed by atoms with Gasteiger partial charge in [0.2, 0.25) is 10.0 Å². The number of hydrogen-bond donors (Lipinski definition) is 2. The van der Waals surface area contributed by atoms with Crippen LogP contribution in [-0.4, -0.2) is 19.5 Å². The van der Waals surface area contributed by atoms with Crippen molar-refractivity contribution in [2.24, 2.45) is 0 Å². The van der Waals surface area contributed by atoms with E-state index in [0.717, 1.165) is 27.1 Å². The normalized spacial score (nSPS) is 13.4. The highest BCUT2D eigenvalue weighted by Gasteiger charge is 2.30. The van der Waals surface area contributed by atoms with Gasteiger partial charge in [-0.25, -0.2) is 13.2 Å². The lowest BCUT2D eigenvalue weighted by Gasteiger charge is -2.24. The minimum atomic E-state index is -4.00. The van der Waals surface area contributed by atoms with Crippen molar-refractivity contribution in [3.05, 3.63) is 102 Å². The SMILES string of the molecule is CC=C(C(=O)O)C(NS(=O)(=O)c1ccc(C)cc1)c1c2ccccc2cc2ccccc12. The third-order valence-corrected chi connectivity index (χ3v) is 7.01. The van der Waals surface area contributed by atoms with Gasteiger partial charge in [0.1, 0.15) is 0 Å². The number of hydrogen-bond acceptors (Lipinski definition) is 3. The van der Waals surface area contributed by atoms with Crippen molar-refractivity contribution in [3.8, 4) is 0 Å². The molecule has 0 saturated carbocycles. The van der Waals surface area contributed by atoms with Crippen LogP contribution in [0.4, 0.5) is 0 Å². The number of carbonyl (C=O) groups is 1. The Morgan fingerprint density at radius 1 is 0.906 bits per heavy atom. The smallest absolute Gasteiger partial charge is 0.333 e. The molecule has 4 aromatic rings. The minimum Gasteiger partial charge on any atom is -0.478 e. The van der Waals surface area contributed by atoms with E-state index < -0.39 is 22.0 Å². The molecule has 4 rings (SSSR count). The van der Waals surface area contributed by atoms with E-state index in [9.17, 15) is 18.3 Å². The molecular formula is C26H23NO4S. The third kappa shape index (κ3) is 4.02. The van der Waals surface area contributed by atoms with E-state index in [1.54, 1.807) is 19.1 Å². The summed E-state index contributed by atoms with van der Waals surface area (Å²) in [6, 6.07) is 22.6. The van der Waals surface area contributed by atoms with Crippen LogP contribution in [0.1, 0.15) is 24.1 Å². The van der Waals surface area contributed by atoms with Crippen LogP contribution in [0.5, 0.6) is 0 Å². The van der Waals surface area contributed by atoms with Crippen molar-refractivity contribution in [2.75, 3.05) is 0 Å². The van der Waals surface area contributed by atoms with Gasteiger partial charge in [-0.2, -0.15) is 4.72 Å². The van der Waals surface area contributed by atoms with E-state index in [1.807, 2.05) is 61.5 Å². The molecule has 0 aromatic heterocycles. The lowest BCUT2D eigenvalue weighted by atomic mass is 9.89. The first-order chi connectivity index (χ1) is 15.3. The van der Waals surface area contributed by atoms with Crippen LogP contribution >= 0.6 is 0 Å². The minimum absolute atomic E-state index is 0.0396. The number of allylic oxidation sites excluding steroid dienone is 1. The van der Waals surface area contributed by atoms with E-state index in [0.29, 0.717) is 5.56 Å². The number of rotatable bonds is 6. The predicted octanol–water partition coefficient (Wildman–Crippen LogP) is 5.35. The number of carboxylic acid groups (broad SMARTS) is 1. The molecule has 2 N–H and O–H groups in total. The number of carboxylic acids is 1. The molecule has 0 saturated heterocycles. The molecule has 4 aromatic carbocycles. The summed E-state index contributed by atoms with van der Waals surface area (Å²) in [5.74, 6) is -1.18. The maximum absolute atomic E-state index is 13.3. The molecule has 162 valence electrons. The highest BCUT2D eigenvalue weighted by molar-refractivity contribution is 7.89. The van der Waals surface area contributed by atoms with Crippen LogP contribution in [0, 0.1) is 6.92 Å². The summed E-state index contributed by atoms with van der Waals surface area (Å²) < 4.78 is 29.3. The molecule has 0 fully saturated rings. The first kappa shape index (κ1) is 21.7. The maximum atomic E-state index is 13.3. The van der Waals surface area contributed by atoms with E-state index in [4.69, 9.17) is 0 Å². The van der Waals surface area contributed by atoms with Crippen molar-refractivity contribution in [3.63, 3.8) is 0 Å². The number of nitrogens with one attached hydrogen (secondary N) is 1. The average Bonchev–Trinajstić information content (AvgIpc) is 2.77. The first-order valence-corrected chi connectivity index (χ1v) is 11.7. The van der Waals surface area contributed by atoms with E-state index in [-0.39, 0.29) is 10.5 Å². The Hall–Kier alpha value is -3.48. The Labute approximate surface area is 187 Å². The van der Waals surface area contributed by atoms with Gasteiger partial charge in [0, 0.05) is 0 Å². The topological polar surface area (TPSA) is 83.5 Å². The molecule has 0 radical (unpaired) electrons. The molecule has 6 heteroatoms. The Balaban J connectivity index is 2.01. The van der Waals surface area contributed by atoms with Gasteiger partial charge in [0.15, 0.2) is 0 Å². The van der Waals surface area contributed by atoms with Gasteiger partial charge in [0.25, 0.3) is 0 Å². The van der Waals surface area contributed by atoms with Crippen LogP contribution in [0.25, 0.3) is 21.5 Å². The summed E-state index contributed by atoms with van der Waals surface area (Å²) >= 11 is 0. The third-order valence-electron chi connectivity index (χ3n) is 5.57. The molecule has 0 aliphatic heterocycles. The number of benzene rings is 4. The second kappa shape index (κ2) is 8.57. The standard InChI is InChI=1S/C26H23NO4S/c1-3-21(26(28)29)25(27-32(30,31)20-14-12-17(2)13-15-20)24-22-10-6-4-8-18(22)16-19-9-5-7-11-23(19)24/h3-16,25,27H,1-2H3,(H,28,29). The highest BCUT2D eigenvalue weighted by Crippen LogP contribution is 2.37. The Kier molecular flexibility index (Phi) is 5.82. The summed E-state index contributed by atoms with van der Waals surface area (Å²) in [5, 5.41) is 13.3. The van der Waals surface area contributed by atoms with Gasteiger partial charge < -0.3 is 5.11 Å². The number of aryl methyl sites for hydroxylation is 1. The van der Waals surface area contributed by atoms with Gasteiger partial charge in [-0.05, 0) is 59.2 Å². The number of sulfonamides is 1. The molecule has 0 spiro atoms. The second-order valence-corrected chi connectivity index (χ2v) is 9.36. The quantitative estimate of drug-likeness (QED) is 0.309. The molecule has 32 heavy (non-hydrogen) atoms. The van der Waals surface area contributed by atoms with Crippen LogP contribution in [-0.2, 0) is 14.8 Å². The zero-order valence-corrected chi connectivity index (χ0v) is 18.6. The van der Waals surface area contributed by atoms with Crippen molar-refractivity contribution in [2.45, 2.75) is 24.8 Å². The van der Waals surface area contributed by atoms with Crippen molar-refractivity contribution >= 4 is 37.5 Å². The molecule has 1 unspecified atom stereocenters. The van der Waals surface area contributed by atoms with Gasteiger partial charge in [-0.1, -0.05) is 72.3 Å². The van der Waals surface area contributed by atoms with Gasteiger partial charge in [0.05, 0.1) is 16.5 Å². The zero-order valence-electron chi connectivity index (χ0n) is 17.7. The molecule has 0 aliphatic rings. The summed E-state index contributed by atoms with van der Waals surface area (Å²) in [7, 11) is -4.00. The van der Waals surface area contributed by atoms with Crippen molar-refractivity contribution in [1.29, 1.82) is 0 Å². The number of fused-ring (bicyclic) bond motifs is 2. The van der Waals surface area contributed by atoms with Crippen LogP contribution in [0.15, 0.2) is 95.4 Å². The first-order valence-electron chi connectivity index (χ1n) is 10.2.